The van der Waals surface area contributed by atoms with E-state index in [1.54, 1.807) is 6.07 Å². The summed E-state index contributed by atoms with van der Waals surface area (Å²) in [4.78, 5) is 15.2. The molecule has 18 heavy (non-hydrogen) atoms. The Morgan fingerprint density at radius 3 is 2.78 bits per heavy atom. The Labute approximate surface area is 103 Å². The van der Waals surface area contributed by atoms with Gasteiger partial charge >= 0.3 is 0 Å². The number of carbonyl (C=O) groups excluding carboxylic acids is 1. The van der Waals surface area contributed by atoms with Gasteiger partial charge in [0.15, 0.2) is 5.82 Å². The van der Waals surface area contributed by atoms with Gasteiger partial charge in [0.1, 0.15) is 0 Å². The van der Waals surface area contributed by atoms with E-state index in [2.05, 4.69) is 20.5 Å². The minimum absolute atomic E-state index is 0.283. The van der Waals surface area contributed by atoms with Crippen molar-refractivity contribution in [1.29, 1.82) is 0 Å². The smallest absolute Gasteiger partial charge is 0.258 e. The lowest BCUT2D eigenvalue weighted by molar-refractivity contribution is 0.102. The third-order valence-corrected chi connectivity index (χ3v) is 2.45. The summed E-state index contributed by atoms with van der Waals surface area (Å²) in [5, 5.41) is 9.41. The molecule has 0 aliphatic rings. The highest BCUT2D eigenvalue weighted by molar-refractivity contribution is 6.03. The molecule has 0 bridgehead atoms. The summed E-state index contributed by atoms with van der Waals surface area (Å²) in [7, 11) is 0. The Bertz CT molecular complexity index is 547. The maximum atomic E-state index is 12.6. The normalized spacial score (nSPS) is 10.7. The lowest BCUT2D eigenvalue weighted by Gasteiger charge is -2.00. The highest BCUT2D eigenvalue weighted by Gasteiger charge is 2.10. The molecular formula is C12H13FN4O. The number of H-pyrrole nitrogens is 1. The molecule has 0 saturated heterocycles. The van der Waals surface area contributed by atoms with Crippen molar-refractivity contribution in [3.63, 3.8) is 0 Å². The summed E-state index contributed by atoms with van der Waals surface area (Å²) in [6, 6.07) is 4.27. The third-order valence-electron chi connectivity index (χ3n) is 2.45. The van der Waals surface area contributed by atoms with Crippen LogP contribution in [0.2, 0.25) is 0 Å². The van der Waals surface area contributed by atoms with Crippen LogP contribution in [0, 0.1) is 5.95 Å². The van der Waals surface area contributed by atoms with Crippen LogP contribution in [0.1, 0.15) is 35.8 Å². The summed E-state index contributed by atoms with van der Waals surface area (Å²) >= 11 is 0. The monoisotopic (exact) mass is 248 g/mol. The van der Waals surface area contributed by atoms with Crippen LogP contribution in [-0.2, 0) is 0 Å². The first-order valence-electron chi connectivity index (χ1n) is 5.54. The third kappa shape index (κ3) is 2.71. The summed E-state index contributed by atoms with van der Waals surface area (Å²) in [5.74, 6) is -0.249. The van der Waals surface area contributed by atoms with E-state index in [0.29, 0.717) is 11.7 Å². The van der Waals surface area contributed by atoms with Crippen LogP contribution in [0.4, 0.5) is 10.2 Å². The Kier molecular flexibility index (Phi) is 3.36. The fraction of sp³-hybridized carbons (Fsp3) is 0.250. The molecule has 2 heterocycles. The second-order valence-corrected chi connectivity index (χ2v) is 4.19. The van der Waals surface area contributed by atoms with Gasteiger partial charge in [-0.25, -0.2) is 4.98 Å². The maximum Gasteiger partial charge on any atom is 0.258 e. The molecule has 0 saturated carbocycles. The fourth-order valence-electron chi connectivity index (χ4n) is 1.40. The number of rotatable bonds is 3. The summed E-state index contributed by atoms with van der Waals surface area (Å²) < 4.78 is 12.6. The van der Waals surface area contributed by atoms with Crippen LogP contribution in [0.25, 0.3) is 0 Å². The van der Waals surface area contributed by atoms with Gasteiger partial charge in [-0.1, -0.05) is 13.8 Å². The number of hydrogen-bond donors (Lipinski definition) is 2. The van der Waals surface area contributed by atoms with Gasteiger partial charge in [-0.2, -0.15) is 9.49 Å². The quantitative estimate of drug-likeness (QED) is 0.819. The fourth-order valence-corrected chi connectivity index (χ4v) is 1.40. The summed E-state index contributed by atoms with van der Waals surface area (Å²) in [6.07, 6.45) is 1.18. The van der Waals surface area contributed by atoms with Crippen molar-refractivity contribution in [2.75, 3.05) is 5.32 Å². The van der Waals surface area contributed by atoms with Crippen molar-refractivity contribution in [2.24, 2.45) is 0 Å². The number of hydrogen-bond acceptors (Lipinski definition) is 3. The average molecular weight is 248 g/mol. The van der Waals surface area contributed by atoms with E-state index in [1.165, 1.54) is 12.3 Å². The molecule has 0 aliphatic heterocycles. The van der Waals surface area contributed by atoms with Crippen LogP contribution in [-0.4, -0.2) is 21.1 Å². The Morgan fingerprint density at radius 1 is 1.44 bits per heavy atom. The Hall–Kier alpha value is -2.24. The zero-order valence-electron chi connectivity index (χ0n) is 10.1. The molecule has 5 nitrogen and oxygen atoms in total. The number of anilines is 1. The lowest BCUT2D eigenvalue weighted by Crippen LogP contribution is -2.12. The highest BCUT2D eigenvalue weighted by atomic mass is 19.1. The number of amides is 1. The van der Waals surface area contributed by atoms with Crippen molar-refractivity contribution in [3.8, 4) is 0 Å². The predicted molar refractivity (Wildman–Crippen MR) is 64.8 cm³/mol. The average Bonchev–Trinajstić information content (AvgIpc) is 2.78. The van der Waals surface area contributed by atoms with Gasteiger partial charge < -0.3 is 5.32 Å². The number of halogens is 1. The van der Waals surface area contributed by atoms with Gasteiger partial charge in [-0.05, 0) is 18.1 Å². The molecule has 0 aliphatic carbocycles. The molecule has 0 unspecified atom stereocenters. The van der Waals surface area contributed by atoms with Gasteiger partial charge in [0.2, 0.25) is 5.95 Å². The van der Waals surface area contributed by atoms with E-state index in [4.69, 9.17) is 0 Å². The van der Waals surface area contributed by atoms with Gasteiger partial charge in [-0.15, -0.1) is 0 Å². The molecule has 6 heteroatoms. The number of aromatic nitrogens is 3. The van der Waals surface area contributed by atoms with Crippen LogP contribution in [0.5, 0.6) is 0 Å². The summed E-state index contributed by atoms with van der Waals surface area (Å²) in [6.45, 7) is 4.03. The standard InChI is InChI=1S/C12H13FN4O/c1-7(2)9-5-11(17-16-9)15-12(18)8-3-4-10(13)14-6-8/h3-7H,1-2H3,(H2,15,16,17,18). The molecule has 2 rings (SSSR count). The predicted octanol–water partition coefficient (Wildman–Crippen LogP) is 2.32. The van der Waals surface area contributed by atoms with Crippen molar-refractivity contribution in [3.05, 3.63) is 41.6 Å². The van der Waals surface area contributed by atoms with Gasteiger partial charge in [0.05, 0.1) is 5.56 Å². The Morgan fingerprint density at radius 2 is 2.22 bits per heavy atom. The molecule has 2 aromatic heterocycles. The number of aromatic amines is 1. The molecule has 0 atom stereocenters. The first-order chi connectivity index (χ1) is 8.56. The number of carbonyl (C=O) groups is 1. The van der Waals surface area contributed by atoms with E-state index >= 15 is 0 Å². The van der Waals surface area contributed by atoms with Crippen LogP contribution >= 0.6 is 0 Å². The zero-order valence-corrected chi connectivity index (χ0v) is 10.1. The molecule has 0 spiro atoms. The van der Waals surface area contributed by atoms with Crippen molar-refractivity contribution in [1.82, 2.24) is 15.2 Å². The maximum absolute atomic E-state index is 12.6. The Balaban J connectivity index is 2.08. The van der Waals surface area contributed by atoms with E-state index in [0.717, 1.165) is 11.8 Å². The highest BCUT2D eigenvalue weighted by Crippen LogP contribution is 2.15. The van der Waals surface area contributed by atoms with Crippen LogP contribution in [0.15, 0.2) is 24.4 Å². The van der Waals surface area contributed by atoms with E-state index in [9.17, 15) is 9.18 Å². The topological polar surface area (TPSA) is 70.7 Å². The van der Waals surface area contributed by atoms with Gasteiger partial charge in [0, 0.05) is 18.0 Å². The molecular weight excluding hydrogens is 235 g/mol. The number of nitrogens with zero attached hydrogens (tertiary/aromatic N) is 2. The van der Waals surface area contributed by atoms with Crippen molar-refractivity contribution < 1.29 is 9.18 Å². The second kappa shape index (κ2) is 4.95. The minimum atomic E-state index is -0.617. The zero-order chi connectivity index (χ0) is 13.1. The van der Waals surface area contributed by atoms with Crippen molar-refractivity contribution >= 4 is 11.7 Å². The SMILES string of the molecule is CC(C)c1cc(NC(=O)c2ccc(F)nc2)n[nH]1. The van der Waals surface area contributed by atoms with E-state index in [-0.39, 0.29) is 11.5 Å². The molecule has 0 aromatic carbocycles. The molecule has 2 N–H and O–H groups in total. The van der Waals surface area contributed by atoms with Crippen LogP contribution < -0.4 is 5.32 Å². The largest absolute Gasteiger partial charge is 0.305 e. The van der Waals surface area contributed by atoms with E-state index < -0.39 is 5.95 Å². The van der Waals surface area contributed by atoms with Gasteiger partial charge in [-0.3, -0.25) is 9.89 Å². The molecule has 0 fully saturated rings. The first-order valence-corrected chi connectivity index (χ1v) is 5.54. The molecule has 2 aromatic rings. The summed E-state index contributed by atoms with van der Waals surface area (Å²) in [5.41, 5.74) is 1.22. The number of pyridine rings is 1. The minimum Gasteiger partial charge on any atom is -0.305 e. The van der Waals surface area contributed by atoms with E-state index in [1.807, 2.05) is 13.8 Å². The van der Waals surface area contributed by atoms with Crippen molar-refractivity contribution in [2.45, 2.75) is 19.8 Å². The second-order valence-electron chi connectivity index (χ2n) is 4.19. The van der Waals surface area contributed by atoms with Crippen LogP contribution in [0.3, 0.4) is 0 Å². The molecule has 1 amide bonds. The first kappa shape index (κ1) is 12.2. The lowest BCUT2D eigenvalue weighted by atomic mass is 10.1. The molecule has 0 radical (unpaired) electrons. The number of nitrogens with one attached hydrogen (secondary N) is 2. The van der Waals surface area contributed by atoms with Gasteiger partial charge in [0.25, 0.3) is 5.91 Å². The molecule has 94 valence electrons.